The van der Waals surface area contributed by atoms with E-state index < -0.39 is 23.9 Å². The maximum Gasteiger partial charge on any atom is 0.336 e. The summed E-state index contributed by atoms with van der Waals surface area (Å²) < 4.78 is 0. The van der Waals surface area contributed by atoms with Crippen molar-refractivity contribution in [2.45, 2.75) is 0 Å². The predicted octanol–water partition coefficient (Wildman–Crippen LogP) is 1.34. The Labute approximate surface area is 173 Å². The van der Waals surface area contributed by atoms with Gasteiger partial charge in [-0.25, -0.2) is 19.2 Å². The van der Waals surface area contributed by atoms with E-state index in [0.717, 1.165) is 0 Å². The molecule has 0 heterocycles. The zero-order chi connectivity index (χ0) is 18.3. The third-order valence-electron chi connectivity index (χ3n) is 2.78. The van der Waals surface area contributed by atoms with Crippen LogP contribution >= 0.6 is 0 Å². The van der Waals surface area contributed by atoms with E-state index in [-0.39, 0.29) is 61.9 Å². The molecule has 9 nitrogen and oxygen atoms in total. The molecule has 0 unspecified atom stereocenters. The van der Waals surface area contributed by atoms with Gasteiger partial charge in [0, 0.05) is 34.1 Å². The molecule has 0 bridgehead atoms. The third-order valence-corrected chi connectivity index (χ3v) is 2.78. The van der Waals surface area contributed by atoms with Gasteiger partial charge in [-0.1, -0.05) is 24.3 Å². The summed E-state index contributed by atoms with van der Waals surface area (Å²) in [5, 5.41) is 34.2. The van der Waals surface area contributed by atoms with E-state index in [1.807, 2.05) is 0 Å². The van der Waals surface area contributed by atoms with Crippen molar-refractivity contribution < 1.29 is 79.2 Å². The van der Waals surface area contributed by atoms with E-state index in [9.17, 15) is 19.2 Å². The van der Waals surface area contributed by atoms with Crippen LogP contribution in [0.5, 0.6) is 0 Å². The number of carboxylic acids is 4. The molecular formula is C16H14Cu2O9. The number of carbonyl (C=O) groups is 4. The molecule has 154 valence electrons. The molecular weight excluding hydrogens is 463 g/mol. The summed E-state index contributed by atoms with van der Waals surface area (Å²) in [6.07, 6.45) is 0. The Bertz CT molecular complexity index is 672. The van der Waals surface area contributed by atoms with Crippen LogP contribution in [0.15, 0.2) is 48.5 Å². The molecule has 0 saturated carbocycles. The molecule has 2 rings (SSSR count). The molecule has 6 N–H and O–H groups in total. The van der Waals surface area contributed by atoms with E-state index in [1.54, 1.807) is 0 Å². The standard InChI is InChI=1S/2C8H6O4.2Cu.H2O/c2*9-7(10)5-3-1-2-4-6(5)8(11)12;;;/h2*1-4H,(H,9,10)(H,11,12);;;1H2. The third kappa shape index (κ3) is 8.50. The first kappa shape index (κ1) is 29.1. The normalized spacial score (nSPS) is 8.30. The Morgan fingerprint density at radius 1 is 0.481 bits per heavy atom. The van der Waals surface area contributed by atoms with Crippen LogP contribution in [-0.2, 0) is 34.1 Å². The Morgan fingerprint density at radius 3 is 0.741 bits per heavy atom. The molecule has 0 aromatic heterocycles. The summed E-state index contributed by atoms with van der Waals surface area (Å²) in [6, 6.07) is 11.0. The first-order chi connectivity index (χ1) is 11.3. The van der Waals surface area contributed by atoms with Gasteiger partial charge in [0.2, 0.25) is 0 Å². The zero-order valence-corrected chi connectivity index (χ0v) is 15.0. The number of aromatic carboxylic acids is 4. The van der Waals surface area contributed by atoms with Crippen LogP contribution in [0.2, 0.25) is 0 Å². The quantitative estimate of drug-likeness (QED) is 0.476. The summed E-state index contributed by atoms with van der Waals surface area (Å²) in [7, 11) is 0. The second-order valence-corrected chi connectivity index (χ2v) is 4.31. The fraction of sp³-hybridized carbons (Fsp3) is 0. The van der Waals surface area contributed by atoms with Gasteiger partial charge in [0.15, 0.2) is 0 Å². The Morgan fingerprint density at radius 2 is 0.630 bits per heavy atom. The van der Waals surface area contributed by atoms with Gasteiger partial charge in [0.1, 0.15) is 0 Å². The molecule has 0 amide bonds. The summed E-state index contributed by atoms with van der Waals surface area (Å²) in [6.45, 7) is 0. The first-order valence-electron chi connectivity index (χ1n) is 6.37. The first-order valence-corrected chi connectivity index (χ1v) is 6.37. The molecule has 2 radical (unpaired) electrons. The summed E-state index contributed by atoms with van der Waals surface area (Å²) >= 11 is 0. The molecule has 0 aliphatic rings. The number of hydrogen-bond donors (Lipinski definition) is 4. The van der Waals surface area contributed by atoms with Crippen LogP contribution in [0.4, 0.5) is 0 Å². The molecule has 11 heteroatoms. The number of hydrogen-bond acceptors (Lipinski definition) is 4. The molecule has 27 heavy (non-hydrogen) atoms. The van der Waals surface area contributed by atoms with Crippen molar-refractivity contribution in [1.29, 1.82) is 0 Å². The van der Waals surface area contributed by atoms with Gasteiger partial charge >= 0.3 is 23.9 Å². The van der Waals surface area contributed by atoms with Crippen molar-refractivity contribution >= 4 is 23.9 Å². The molecule has 0 atom stereocenters. The number of benzene rings is 2. The smallest absolute Gasteiger partial charge is 0.336 e. The van der Waals surface area contributed by atoms with E-state index >= 15 is 0 Å². The minimum Gasteiger partial charge on any atom is -0.478 e. The van der Waals surface area contributed by atoms with Crippen molar-refractivity contribution in [3.8, 4) is 0 Å². The van der Waals surface area contributed by atoms with E-state index in [4.69, 9.17) is 20.4 Å². The Balaban J connectivity index is -0.000000384. The molecule has 2 aromatic carbocycles. The van der Waals surface area contributed by atoms with Crippen molar-refractivity contribution in [3.05, 3.63) is 70.8 Å². The molecule has 0 aliphatic heterocycles. The summed E-state index contributed by atoms with van der Waals surface area (Å²) in [5.41, 5.74) is -0.759. The monoisotopic (exact) mass is 476 g/mol. The van der Waals surface area contributed by atoms with Gasteiger partial charge in [-0.15, -0.1) is 0 Å². The van der Waals surface area contributed by atoms with Crippen LogP contribution in [0.25, 0.3) is 0 Å². The fourth-order valence-electron chi connectivity index (χ4n) is 1.71. The van der Waals surface area contributed by atoms with Gasteiger partial charge in [-0.05, 0) is 24.3 Å². The summed E-state index contributed by atoms with van der Waals surface area (Å²) in [5.74, 6) is -4.91. The number of carboxylic acid groups (broad SMARTS) is 4. The second kappa shape index (κ2) is 13.5. The average Bonchev–Trinajstić information content (AvgIpc) is 2.55. The summed E-state index contributed by atoms with van der Waals surface area (Å²) in [4.78, 5) is 41.9. The Kier molecular flexibility index (Phi) is 14.6. The molecule has 0 fully saturated rings. The van der Waals surface area contributed by atoms with E-state index in [1.165, 1.54) is 48.5 Å². The largest absolute Gasteiger partial charge is 0.478 e. The molecule has 0 spiro atoms. The van der Waals surface area contributed by atoms with Crippen molar-refractivity contribution in [1.82, 2.24) is 0 Å². The average molecular weight is 477 g/mol. The zero-order valence-electron chi connectivity index (χ0n) is 13.1. The van der Waals surface area contributed by atoms with Gasteiger partial charge in [0.05, 0.1) is 22.3 Å². The van der Waals surface area contributed by atoms with Gasteiger partial charge in [0.25, 0.3) is 0 Å². The van der Waals surface area contributed by atoms with Crippen molar-refractivity contribution in [3.63, 3.8) is 0 Å². The molecule has 0 saturated heterocycles. The second-order valence-electron chi connectivity index (χ2n) is 4.31. The maximum atomic E-state index is 10.5. The predicted molar refractivity (Wildman–Crippen MR) is 84.3 cm³/mol. The van der Waals surface area contributed by atoms with Gasteiger partial charge in [-0.3, -0.25) is 0 Å². The fourth-order valence-corrected chi connectivity index (χ4v) is 1.71. The maximum absolute atomic E-state index is 10.5. The molecule has 0 aliphatic carbocycles. The van der Waals surface area contributed by atoms with Crippen LogP contribution < -0.4 is 0 Å². The molecule has 2 aromatic rings. The van der Waals surface area contributed by atoms with Crippen molar-refractivity contribution in [2.75, 3.05) is 0 Å². The van der Waals surface area contributed by atoms with Crippen LogP contribution in [0.3, 0.4) is 0 Å². The van der Waals surface area contributed by atoms with Crippen LogP contribution in [-0.4, -0.2) is 49.8 Å². The van der Waals surface area contributed by atoms with Crippen LogP contribution in [0, 0.1) is 0 Å². The Hall–Kier alpha value is -2.68. The minimum absolute atomic E-state index is 0. The van der Waals surface area contributed by atoms with E-state index in [0.29, 0.717) is 0 Å². The van der Waals surface area contributed by atoms with Crippen LogP contribution in [0.1, 0.15) is 41.4 Å². The number of rotatable bonds is 4. The van der Waals surface area contributed by atoms with Crippen molar-refractivity contribution in [2.24, 2.45) is 0 Å². The topological polar surface area (TPSA) is 181 Å². The minimum atomic E-state index is -1.23. The van der Waals surface area contributed by atoms with Gasteiger partial charge < -0.3 is 25.9 Å². The SMILES string of the molecule is O.O=C(O)c1ccccc1C(=O)O.O=C(O)c1ccccc1C(=O)O.[Cu].[Cu]. The van der Waals surface area contributed by atoms with Gasteiger partial charge in [-0.2, -0.15) is 0 Å². The van der Waals surface area contributed by atoms with E-state index in [2.05, 4.69) is 0 Å².